The normalized spacial score (nSPS) is 9.81. The highest BCUT2D eigenvalue weighted by molar-refractivity contribution is 6.22. The molecular formula is C15H13B. The van der Waals surface area contributed by atoms with Crippen molar-refractivity contribution in [1.29, 1.82) is 0 Å². The molecule has 0 nitrogen and oxygen atoms in total. The predicted molar refractivity (Wildman–Crippen MR) is 70.6 cm³/mol. The molecule has 2 rings (SSSR count). The second-order valence-corrected chi connectivity index (χ2v) is 3.84. The van der Waals surface area contributed by atoms with Gasteiger partial charge in [-0.2, -0.15) is 5.82 Å². The Balaban J connectivity index is 2.74. The van der Waals surface area contributed by atoms with Gasteiger partial charge in [-0.1, -0.05) is 49.6 Å². The van der Waals surface area contributed by atoms with Crippen LogP contribution in [-0.4, -0.2) is 7.85 Å². The van der Waals surface area contributed by atoms with Gasteiger partial charge in [0, 0.05) is 10.9 Å². The van der Waals surface area contributed by atoms with E-state index in [1.165, 1.54) is 16.3 Å². The summed E-state index contributed by atoms with van der Waals surface area (Å²) in [5.41, 5.74) is 2.39. The molecule has 2 aromatic carbocycles. The number of hydrogen-bond acceptors (Lipinski definition) is 0. The lowest BCUT2D eigenvalue weighted by Gasteiger charge is -2.07. The zero-order valence-electron chi connectivity index (χ0n) is 9.46. The molecule has 0 heterocycles. The maximum atomic E-state index is 5.31. The summed E-state index contributed by atoms with van der Waals surface area (Å²) in [6.07, 6.45) is 2.23. The van der Waals surface area contributed by atoms with Crippen molar-refractivity contribution in [2.45, 2.75) is 19.8 Å². The molecule has 0 saturated carbocycles. The van der Waals surface area contributed by atoms with Crippen LogP contribution in [0.15, 0.2) is 36.4 Å². The van der Waals surface area contributed by atoms with Gasteiger partial charge in [-0.3, -0.25) is 0 Å². The van der Waals surface area contributed by atoms with Crippen LogP contribution in [0.3, 0.4) is 0 Å². The molecule has 0 saturated heterocycles. The Hall–Kier alpha value is -1.68. The van der Waals surface area contributed by atoms with Crippen molar-refractivity contribution in [3.63, 3.8) is 0 Å². The molecule has 0 aliphatic rings. The molecular weight excluding hydrogens is 191 g/mol. The standard InChI is InChI=1S/C15H13B/c1-2-5-12-6-3-7-13-8-4-9-14(10-11-16)15(12)13/h3-4,6-9H,2,5H2,1H3. The molecule has 16 heavy (non-hydrogen) atoms. The van der Waals surface area contributed by atoms with E-state index >= 15 is 0 Å². The third kappa shape index (κ3) is 1.97. The summed E-state index contributed by atoms with van der Waals surface area (Å²) in [6.45, 7) is 2.19. The monoisotopic (exact) mass is 204 g/mol. The Labute approximate surface area is 98.1 Å². The number of benzene rings is 2. The first-order valence-corrected chi connectivity index (χ1v) is 5.59. The van der Waals surface area contributed by atoms with Gasteiger partial charge in [0.15, 0.2) is 7.85 Å². The summed E-state index contributed by atoms with van der Waals surface area (Å²) >= 11 is 0. The third-order valence-electron chi connectivity index (χ3n) is 2.72. The molecule has 2 aromatic rings. The van der Waals surface area contributed by atoms with Crippen molar-refractivity contribution in [2.24, 2.45) is 0 Å². The van der Waals surface area contributed by atoms with Gasteiger partial charge in [0.1, 0.15) is 0 Å². The minimum Gasteiger partial charge on any atom is -0.167 e. The Bertz CT molecular complexity index is 553. The summed E-state index contributed by atoms with van der Waals surface area (Å²) in [7, 11) is 5.31. The molecule has 0 unspecified atom stereocenters. The van der Waals surface area contributed by atoms with Gasteiger partial charge in [0.05, 0.1) is 0 Å². The average Bonchev–Trinajstić information content (AvgIpc) is 2.30. The fourth-order valence-corrected chi connectivity index (χ4v) is 2.08. The molecule has 0 aromatic heterocycles. The molecule has 0 amide bonds. The molecule has 76 valence electrons. The minimum absolute atomic E-state index is 1.03. The second kappa shape index (κ2) is 4.90. The van der Waals surface area contributed by atoms with Crippen molar-refractivity contribution in [3.8, 4) is 11.7 Å². The lowest BCUT2D eigenvalue weighted by molar-refractivity contribution is 0.929. The summed E-state index contributed by atoms with van der Waals surface area (Å²) in [4.78, 5) is 0. The van der Waals surface area contributed by atoms with E-state index in [9.17, 15) is 0 Å². The minimum atomic E-state index is 1.03. The van der Waals surface area contributed by atoms with Gasteiger partial charge in [-0.25, -0.2) is 0 Å². The van der Waals surface area contributed by atoms with E-state index in [4.69, 9.17) is 7.85 Å². The third-order valence-corrected chi connectivity index (χ3v) is 2.72. The van der Waals surface area contributed by atoms with E-state index in [0.717, 1.165) is 18.4 Å². The fraction of sp³-hybridized carbons (Fsp3) is 0.200. The van der Waals surface area contributed by atoms with Gasteiger partial charge < -0.3 is 0 Å². The van der Waals surface area contributed by atoms with E-state index in [1.54, 1.807) is 0 Å². The van der Waals surface area contributed by atoms with Gasteiger partial charge >= 0.3 is 0 Å². The second-order valence-electron chi connectivity index (χ2n) is 3.84. The molecule has 0 spiro atoms. The van der Waals surface area contributed by atoms with Crippen molar-refractivity contribution >= 4 is 18.6 Å². The van der Waals surface area contributed by atoms with Crippen LogP contribution in [-0.2, 0) is 6.42 Å². The molecule has 0 aliphatic heterocycles. The molecule has 0 N–H and O–H groups in total. The average molecular weight is 204 g/mol. The maximum absolute atomic E-state index is 5.31. The van der Waals surface area contributed by atoms with Crippen LogP contribution in [0.1, 0.15) is 24.5 Å². The van der Waals surface area contributed by atoms with Crippen LogP contribution < -0.4 is 0 Å². The number of rotatable bonds is 2. The van der Waals surface area contributed by atoms with Crippen molar-refractivity contribution in [3.05, 3.63) is 47.5 Å². The maximum Gasteiger partial charge on any atom is 0.188 e. The van der Waals surface area contributed by atoms with Crippen LogP contribution in [0, 0.1) is 11.7 Å². The highest BCUT2D eigenvalue weighted by atomic mass is 14.1. The van der Waals surface area contributed by atoms with Crippen molar-refractivity contribution in [1.82, 2.24) is 0 Å². The number of hydrogen-bond donors (Lipinski definition) is 0. The molecule has 0 fully saturated rings. The van der Waals surface area contributed by atoms with Gasteiger partial charge in [-0.15, -0.1) is 0 Å². The van der Waals surface area contributed by atoms with E-state index in [2.05, 4.69) is 42.9 Å². The van der Waals surface area contributed by atoms with Crippen LogP contribution in [0.5, 0.6) is 0 Å². The lowest BCUT2D eigenvalue weighted by Crippen LogP contribution is -1.89. The predicted octanol–water partition coefficient (Wildman–Crippen LogP) is 3.27. The molecule has 2 radical (unpaired) electrons. The molecule has 1 heteroatoms. The molecule has 0 aliphatic carbocycles. The van der Waals surface area contributed by atoms with Crippen molar-refractivity contribution < 1.29 is 0 Å². The highest BCUT2D eigenvalue weighted by Gasteiger charge is 2.03. The number of fused-ring (bicyclic) bond motifs is 1. The first-order valence-electron chi connectivity index (χ1n) is 5.59. The topological polar surface area (TPSA) is 0 Å². The largest absolute Gasteiger partial charge is 0.188 e. The Morgan fingerprint density at radius 1 is 1.12 bits per heavy atom. The Kier molecular flexibility index (Phi) is 3.32. The highest BCUT2D eigenvalue weighted by Crippen LogP contribution is 2.23. The lowest BCUT2D eigenvalue weighted by atomic mass is 9.96. The van der Waals surface area contributed by atoms with E-state index < -0.39 is 0 Å². The zero-order chi connectivity index (χ0) is 11.4. The Morgan fingerprint density at radius 2 is 1.88 bits per heavy atom. The first kappa shape index (κ1) is 10.8. The Morgan fingerprint density at radius 3 is 2.56 bits per heavy atom. The summed E-state index contributed by atoms with van der Waals surface area (Å²) in [6, 6.07) is 12.6. The van der Waals surface area contributed by atoms with Gasteiger partial charge in [0.25, 0.3) is 0 Å². The van der Waals surface area contributed by atoms with Crippen LogP contribution >= 0.6 is 0 Å². The molecule has 0 atom stereocenters. The van der Waals surface area contributed by atoms with E-state index in [0.29, 0.717) is 0 Å². The summed E-state index contributed by atoms with van der Waals surface area (Å²) < 4.78 is 0. The number of aryl methyl sites for hydroxylation is 1. The van der Waals surface area contributed by atoms with Gasteiger partial charge in [-0.05, 0) is 23.4 Å². The fourth-order valence-electron chi connectivity index (χ4n) is 2.08. The SMILES string of the molecule is [B]C#Cc1cccc2cccc(CCC)c12. The van der Waals surface area contributed by atoms with Crippen LogP contribution in [0.4, 0.5) is 0 Å². The molecule has 0 bridgehead atoms. The van der Waals surface area contributed by atoms with E-state index in [-0.39, 0.29) is 0 Å². The smallest absolute Gasteiger partial charge is 0.167 e. The first-order chi connectivity index (χ1) is 7.86. The summed E-state index contributed by atoms with van der Waals surface area (Å²) in [5.74, 6) is 5.47. The van der Waals surface area contributed by atoms with Gasteiger partial charge in [0.2, 0.25) is 0 Å². The summed E-state index contributed by atoms with van der Waals surface area (Å²) in [5, 5.41) is 2.50. The van der Waals surface area contributed by atoms with Crippen LogP contribution in [0.25, 0.3) is 10.8 Å². The van der Waals surface area contributed by atoms with E-state index in [1.807, 2.05) is 12.1 Å². The quantitative estimate of drug-likeness (QED) is 0.520. The zero-order valence-corrected chi connectivity index (χ0v) is 9.46. The van der Waals surface area contributed by atoms with Crippen LogP contribution in [0.2, 0.25) is 0 Å². The van der Waals surface area contributed by atoms with Crippen molar-refractivity contribution in [2.75, 3.05) is 0 Å².